The summed E-state index contributed by atoms with van der Waals surface area (Å²) in [7, 11) is 1.56. The zero-order chi connectivity index (χ0) is 20.6. The van der Waals surface area contributed by atoms with Crippen molar-refractivity contribution in [2.45, 2.75) is 18.9 Å². The highest BCUT2D eigenvalue weighted by molar-refractivity contribution is 6.04. The molecule has 2 amide bonds. The lowest BCUT2D eigenvalue weighted by atomic mass is 10.1. The number of para-hydroxylation sites is 1. The van der Waals surface area contributed by atoms with Gasteiger partial charge in [-0.2, -0.15) is 0 Å². The van der Waals surface area contributed by atoms with Crippen LogP contribution in [0.2, 0.25) is 0 Å². The van der Waals surface area contributed by atoms with Crippen LogP contribution in [0, 0.1) is 0 Å². The molecular formula is C22H22N2O5. The highest BCUT2D eigenvalue weighted by Crippen LogP contribution is 2.21. The third-order valence-electron chi connectivity index (χ3n) is 4.21. The predicted molar refractivity (Wildman–Crippen MR) is 109 cm³/mol. The van der Waals surface area contributed by atoms with E-state index in [0.717, 1.165) is 18.4 Å². The Morgan fingerprint density at radius 2 is 1.90 bits per heavy atom. The molecule has 1 saturated carbocycles. The first kappa shape index (κ1) is 20.1. The number of hydrogen-bond acceptors (Lipinski definition) is 5. The van der Waals surface area contributed by atoms with E-state index < -0.39 is 18.5 Å². The Hall–Kier alpha value is -3.61. The van der Waals surface area contributed by atoms with E-state index in [2.05, 4.69) is 10.6 Å². The van der Waals surface area contributed by atoms with Crippen molar-refractivity contribution in [3.05, 3.63) is 65.7 Å². The molecule has 7 nitrogen and oxygen atoms in total. The van der Waals surface area contributed by atoms with E-state index in [9.17, 15) is 14.4 Å². The lowest BCUT2D eigenvalue weighted by molar-refractivity contribution is -0.142. The van der Waals surface area contributed by atoms with E-state index in [1.54, 1.807) is 55.7 Å². The van der Waals surface area contributed by atoms with E-state index in [0.29, 0.717) is 17.0 Å². The standard InChI is InChI=1S/C22H22N2O5/c1-28-17-6-4-5-15(13-17)9-12-21(26)29-14-20(25)24-19-8-3-2-7-18(19)22(27)23-16-10-11-16/h2-9,12-13,16H,10-11,14H2,1H3,(H,23,27)(H,24,25)/b12-9+. The van der Waals surface area contributed by atoms with Gasteiger partial charge in [0.25, 0.3) is 11.8 Å². The molecule has 150 valence electrons. The molecule has 3 rings (SSSR count). The first-order valence-corrected chi connectivity index (χ1v) is 9.24. The number of carbonyl (C=O) groups excluding carboxylic acids is 3. The minimum Gasteiger partial charge on any atom is -0.497 e. The van der Waals surface area contributed by atoms with Crippen LogP contribution in [0.3, 0.4) is 0 Å². The van der Waals surface area contributed by atoms with Crippen molar-refractivity contribution >= 4 is 29.5 Å². The van der Waals surface area contributed by atoms with Crippen molar-refractivity contribution in [3.63, 3.8) is 0 Å². The Balaban J connectivity index is 1.51. The van der Waals surface area contributed by atoms with Crippen molar-refractivity contribution in [3.8, 4) is 5.75 Å². The molecule has 1 aliphatic carbocycles. The summed E-state index contributed by atoms with van der Waals surface area (Å²) < 4.78 is 10.1. The van der Waals surface area contributed by atoms with Gasteiger partial charge in [-0.15, -0.1) is 0 Å². The number of methoxy groups -OCH3 is 1. The van der Waals surface area contributed by atoms with Crippen molar-refractivity contribution in [1.82, 2.24) is 5.32 Å². The average Bonchev–Trinajstić information content (AvgIpc) is 3.55. The van der Waals surface area contributed by atoms with E-state index in [1.807, 2.05) is 6.07 Å². The van der Waals surface area contributed by atoms with Crippen LogP contribution >= 0.6 is 0 Å². The van der Waals surface area contributed by atoms with Crippen LogP contribution in [0.5, 0.6) is 5.75 Å². The molecule has 0 bridgehead atoms. The topological polar surface area (TPSA) is 93.7 Å². The molecule has 7 heteroatoms. The summed E-state index contributed by atoms with van der Waals surface area (Å²) in [5, 5.41) is 5.49. The number of esters is 1. The SMILES string of the molecule is COc1cccc(/C=C/C(=O)OCC(=O)Nc2ccccc2C(=O)NC2CC2)c1. The van der Waals surface area contributed by atoms with Gasteiger partial charge in [0.15, 0.2) is 6.61 Å². The molecule has 1 aliphatic rings. The maximum Gasteiger partial charge on any atom is 0.331 e. The minimum atomic E-state index is -0.650. The van der Waals surface area contributed by atoms with Crippen molar-refractivity contribution in [2.75, 3.05) is 19.0 Å². The van der Waals surface area contributed by atoms with Gasteiger partial charge in [0, 0.05) is 12.1 Å². The molecule has 0 unspecified atom stereocenters. The molecule has 1 fully saturated rings. The largest absolute Gasteiger partial charge is 0.497 e. The van der Waals surface area contributed by atoms with E-state index in [1.165, 1.54) is 6.08 Å². The molecule has 29 heavy (non-hydrogen) atoms. The Morgan fingerprint density at radius 1 is 1.10 bits per heavy atom. The summed E-state index contributed by atoms with van der Waals surface area (Å²) in [5.74, 6) is -0.742. The second-order valence-corrected chi connectivity index (χ2v) is 6.56. The third kappa shape index (κ3) is 6.21. The van der Waals surface area contributed by atoms with Crippen LogP contribution < -0.4 is 15.4 Å². The number of benzene rings is 2. The van der Waals surface area contributed by atoms with Gasteiger partial charge < -0.3 is 20.1 Å². The zero-order valence-corrected chi connectivity index (χ0v) is 16.0. The normalized spacial score (nSPS) is 13.0. The maximum absolute atomic E-state index is 12.3. The first-order valence-electron chi connectivity index (χ1n) is 9.24. The van der Waals surface area contributed by atoms with Gasteiger partial charge in [-0.1, -0.05) is 24.3 Å². The quantitative estimate of drug-likeness (QED) is 0.530. The fourth-order valence-electron chi connectivity index (χ4n) is 2.56. The molecule has 2 N–H and O–H groups in total. The van der Waals surface area contributed by atoms with E-state index in [-0.39, 0.29) is 11.9 Å². The Kier molecular flexibility index (Phi) is 6.63. The van der Waals surface area contributed by atoms with Crippen LogP contribution in [0.4, 0.5) is 5.69 Å². The number of ether oxygens (including phenoxy) is 2. The molecule has 0 saturated heterocycles. The van der Waals surface area contributed by atoms with E-state index in [4.69, 9.17) is 9.47 Å². The van der Waals surface area contributed by atoms with Crippen molar-refractivity contribution < 1.29 is 23.9 Å². The second-order valence-electron chi connectivity index (χ2n) is 6.56. The van der Waals surface area contributed by atoms with Crippen LogP contribution in [0.25, 0.3) is 6.08 Å². The van der Waals surface area contributed by atoms with Gasteiger partial charge >= 0.3 is 5.97 Å². The van der Waals surface area contributed by atoms with Gasteiger partial charge in [-0.25, -0.2) is 4.79 Å². The van der Waals surface area contributed by atoms with Crippen LogP contribution in [-0.4, -0.2) is 37.5 Å². The van der Waals surface area contributed by atoms with Crippen molar-refractivity contribution in [2.24, 2.45) is 0 Å². The fourth-order valence-corrected chi connectivity index (χ4v) is 2.56. The molecule has 0 radical (unpaired) electrons. The van der Waals surface area contributed by atoms with Crippen molar-refractivity contribution in [1.29, 1.82) is 0 Å². The number of hydrogen-bond donors (Lipinski definition) is 2. The molecule has 2 aromatic carbocycles. The summed E-state index contributed by atoms with van der Waals surface area (Å²) in [5.41, 5.74) is 1.51. The van der Waals surface area contributed by atoms with Gasteiger partial charge in [0.05, 0.1) is 18.4 Å². The molecule has 0 atom stereocenters. The summed E-state index contributed by atoms with van der Waals surface area (Å²) in [6, 6.07) is 14.1. The molecule has 0 aliphatic heterocycles. The Bertz CT molecular complexity index is 934. The van der Waals surface area contributed by atoms with Gasteiger partial charge in [0.2, 0.25) is 0 Å². The smallest absolute Gasteiger partial charge is 0.331 e. The van der Waals surface area contributed by atoms with Gasteiger partial charge in [-0.3, -0.25) is 9.59 Å². The summed E-state index contributed by atoms with van der Waals surface area (Å²) >= 11 is 0. The number of carbonyl (C=O) groups is 3. The molecule has 0 aromatic heterocycles. The Labute approximate surface area is 168 Å². The minimum absolute atomic E-state index is 0.212. The lowest BCUT2D eigenvalue weighted by Gasteiger charge is -2.11. The summed E-state index contributed by atoms with van der Waals surface area (Å²) in [6.07, 6.45) is 4.75. The zero-order valence-electron chi connectivity index (χ0n) is 16.0. The molecular weight excluding hydrogens is 372 g/mol. The lowest BCUT2D eigenvalue weighted by Crippen LogP contribution is -2.27. The number of amides is 2. The predicted octanol–water partition coefficient (Wildman–Crippen LogP) is 2.78. The van der Waals surface area contributed by atoms with Gasteiger partial charge in [0.1, 0.15) is 5.75 Å². The van der Waals surface area contributed by atoms with Crippen LogP contribution in [0.1, 0.15) is 28.8 Å². The molecule has 0 spiro atoms. The Morgan fingerprint density at radius 3 is 2.66 bits per heavy atom. The average molecular weight is 394 g/mol. The van der Waals surface area contributed by atoms with Crippen LogP contribution in [0.15, 0.2) is 54.6 Å². The number of anilines is 1. The van der Waals surface area contributed by atoms with E-state index >= 15 is 0 Å². The third-order valence-corrected chi connectivity index (χ3v) is 4.21. The first-order chi connectivity index (χ1) is 14.0. The number of rotatable bonds is 8. The monoisotopic (exact) mass is 394 g/mol. The molecule has 0 heterocycles. The van der Waals surface area contributed by atoms with Gasteiger partial charge in [-0.05, 0) is 48.7 Å². The summed E-state index contributed by atoms with van der Waals surface area (Å²) in [6.45, 7) is -0.458. The fraction of sp³-hybridized carbons (Fsp3) is 0.227. The summed E-state index contributed by atoms with van der Waals surface area (Å²) in [4.78, 5) is 36.2. The highest BCUT2D eigenvalue weighted by Gasteiger charge is 2.25. The molecule has 2 aromatic rings. The van der Waals surface area contributed by atoms with Crippen LogP contribution in [-0.2, 0) is 14.3 Å². The maximum atomic E-state index is 12.3. The highest BCUT2D eigenvalue weighted by atomic mass is 16.5. The number of nitrogens with one attached hydrogen (secondary N) is 2. The second kappa shape index (κ2) is 9.54.